The van der Waals surface area contributed by atoms with Gasteiger partial charge in [-0.1, -0.05) is 0 Å². The number of sulfonamides is 1. The van der Waals surface area contributed by atoms with Gasteiger partial charge in [0.2, 0.25) is 10.0 Å². The van der Waals surface area contributed by atoms with E-state index in [-0.39, 0.29) is 18.0 Å². The number of carbonyl (C=O) groups excluding carboxylic acids is 1. The highest BCUT2D eigenvalue weighted by Gasteiger charge is 2.32. The molecule has 1 aliphatic rings. The zero-order valence-corrected chi connectivity index (χ0v) is 13.8. The number of nitrogens with zero attached hydrogens (tertiary/aromatic N) is 1. The Hall–Kier alpha value is -1.93. The molecule has 0 radical (unpaired) electrons. The lowest BCUT2D eigenvalue weighted by atomic mass is 9.99. The third-order valence-electron chi connectivity index (χ3n) is 4.04. The van der Waals surface area contributed by atoms with Crippen molar-refractivity contribution in [2.45, 2.75) is 24.7 Å². The van der Waals surface area contributed by atoms with E-state index in [1.165, 1.54) is 29.6 Å². The van der Waals surface area contributed by atoms with E-state index in [0.717, 1.165) is 0 Å². The first-order valence-electron chi connectivity index (χ1n) is 7.19. The second-order valence-electron chi connectivity index (χ2n) is 5.48. The molecular weight excluding hydrogens is 322 g/mol. The molecule has 0 atom stereocenters. The molecular formula is C15H19NO6S. The van der Waals surface area contributed by atoms with Gasteiger partial charge in [-0.2, -0.15) is 4.31 Å². The van der Waals surface area contributed by atoms with Crippen LogP contribution in [0.15, 0.2) is 23.1 Å². The average molecular weight is 341 g/mol. The Morgan fingerprint density at radius 2 is 1.87 bits per heavy atom. The van der Waals surface area contributed by atoms with Crippen LogP contribution in [0.1, 0.15) is 28.8 Å². The lowest BCUT2D eigenvalue weighted by molar-refractivity contribution is -0.142. The normalized spacial score (nSPS) is 17.0. The van der Waals surface area contributed by atoms with E-state index in [1.807, 2.05) is 0 Å². The largest absolute Gasteiger partial charge is 0.481 e. The first-order valence-corrected chi connectivity index (χ1v) is 8.63. The number of methoxy groups -OCH3 is 1. The van der Waals surface area contributed by atoms with Crippen LogP contribution in [0.3, 0.4) is 0 Å². The van der Waals surface area contributed by atoms with Crippen molar-refractivity contribution in [2.24, 2.45) is 5.92 Å². The first kappa shape index (κ1) is 17.4. The minimum Gasteiger partial charge on any atom is -0.481 e. The summed E-state index contributed by atoms with van der Waals surface area (Å²) in [5, 5.41) is 8.97. The van der Waals surface area contributed by atoms with Gasteiger partial charge in [0.25, 0.3) is 0 Å². The van der Waals surface area contributed by atoms with Crippen molar-refractivity contribution in [2.75, 3.05) is 20.2 Å². The van der Waals surface area contributed by atoms with E-state index < -0.39 is 27.9 Å². The van der Waals surface area contributed by atoms with Gasteiger partial charge in [0.05, 0.1) is 23.5 Å². The zero-order chi connectivity index (χ0) is 17.2. The van der Waals surface area contributed by atoms with Crippen LogP contribution in [-0.4, -0.2) is 50.0 Å². The molecule has 1 aromatic rings. The molecule has 1 aliphatic heterocycles. The molecule has 8 heteroatoms. The summed E-state index contributed by atoms with van der Waals surface area (Å²) in [6.45, 7) is 2.00. The second-order valence-corrected chi connectivity index (χ2v) is 7.42. The van der Waals surface area contributed by atoms with Gasteiger partial charge in [0, 0.05) is 13.1 Å². The maximum absolute atomic E-state index is 12.6. The maximum atomic E-state index is 12.6. The van der Waals surface area contributed by atoms with Gasteiger partial charge in [-0.05, 0) is 43.5 Å². The van der Waals surface area contributed by atoms with E-state index in [0.29, 0.717) is 24.0 Å². The number of esters is 1. The summed E-state index contributed by atoms with van der Waals surface area (Å²) >= 11 is 0. The van der Waals surface area contributed by atoms with E-state index in [4.69, 9.17) is 5.11 Å². The number of hydrogen-bond acceptors (Lipinski definition) is 5. The van der Waals surface area contributed by atoms with Gasteiger partial charge < -0.3 is 9.84 Å². The van der Waals surface area contributed by atoms with Crippen molar-refractivity contribution in [1.29, 1.82) is 0 Å². The summed E-state index contributed by atoms with van der Waals surface area (Å²) in [5.74, 6) is -1.90. The molecule has 0 amide bonds. The number of carboxylic acid groups (broad SMARTS) is 1. The molecule has 0 bridgehead atoms. The van der Waals surface area contributed by atoms with Gasteiger partial charge in [0.1, 0.15) is 0 Å². The van der Waals surface area contributed by atoms with Gasteiger partial charge in [-0.3, -0.25) is 4.79 Å². The van der Waals surface area contributed by atoms with Gasteiger partial charge >= 0.3 is 11.9 Å². The molecule has 2 rings (SSSR count). The maximum Gasteiger partial charge on any atom is 0.338 e. The topological polar surface area (TPSA) is 101 Å². The summed E-state index contributed by atoms with van der Waals surface area (Å²) in [4.78, 5) is 22.6. The number of hydrogen-bond donors (Lipinski definition) is 1. The standard InChI is InChI=1S/C15H19NO6S/c1-10-9-12(3-4-13(10)15(19)22-2)23(20,21)16-7-5-11(6-8-16)14(17)18/h3-4,9,11H,5-8H2,1-2H3,(H,17,18). The minimum absolute atomic E-state index is 0.0939. The van der Waals surface area contributed by atoms with Crippen molar-refractivity contribution in [1.82, 2.24) is 4.31 Å². The van der Waals surface area contributed by atoms with E-state index in [2.05, 4.69) is 4.74 Å². The van der Waals surface area contributed by atoms with Gasteiger partial charge in [0.15, 0.2) is 0 Å². The minimum atomic E-state index is -3.69. The first-order chi connectivity index (χ1) is 10.8. The number of aliphatic carboxylic acids is 1. The molecule has 1 N–H and O–H groups in total. The van der Waals surface area contributed by atoms with Crippen LogP contribution in [-0.2, 0) is 19.6 Å². The lowest BCUT2D eigenvalue weighted by Crippen LogP contribution is -2.40. The van der Waals surface area contributed by atoms with Gasteiger partial charge in [-0.15, -0.1) is 0 Å². The van der Waals surface area contributed by atoms with Crippen LogP contribution in [0, 0.1) is 12.8 Å². The predicted molar refractivity (Wildman–Crippen MR) is 81.6 cm³/mol. The fraction of sp³-hybridized carbons (Fsp3) is 0.467. The molecule has 1 saturated heterocycles. The molecule has 0 unspecified atom stereocenters. The van der Waals surface area contributed by atoms with E-state index in [1.54, 1.807) is 6.92 Å². The Bertz CT molecular complexity index is 719. The fourth-order valence-electron chi connectivity index (χ4n) is 2.63. The quantitative estimate of drug-likeness (QED) is 0.828. The fourth-order valence-corrected chi connectivity index (χ4v) is 4.18. The molecule has 1 aromatic carbocycles. The highest BCUT2D eigenvalue weighted by molar-refractivity contribution is 7.89. The number of piperidine rings is 1. The van der Waals surface area contributed by atoms with Crippen LogP contribution in [0.4, 0.5) is 0 Å². The third-order valence-corrected chi connectivity index (χ3v) is 5.94. The molecule has 0 saturated carbocycles. The Kier molecular flexibility index (Phi) is 5.06. The molecule has 126 valence electrons. The summed E-state index contributed by atoms with van der Waals surface area (Å²) in [6.07, 6.45) is 0.599. The number of aryl methyl sites for hydroxylation is 1. The van der Waals surface area contributed by atoms with E-state index in [9.17, 15) is 18.0 Å². The van der Waals surface area contributed by atoms with Crippen molar-refractivity contribution in [3.63, 3.8) is 0 Å². The van der Waals surface area contributed by atoms with Crippen molar-refractivity contribution >= 4 is 22.0 Å². The lowest BCUT2D eigenvalue weighted by Gasteiger charge is -2.29. The molecule has 0 aromatic heterocycles. The smallest absolute Gasteiger partial charge is 0.338 e. The van der Waals surface area contributed by atoms with Crippen LogP contribution < -0.4 is 0 Å². The number of benzene rings is 1. The molecule has 0 spiro atoms. The predicted octanol–water partition coefficient (Wildman–Crippen LogP) is 1.27. The number of carbonyl (C=O) groups is 2. The van der Waals surface area contributed by atoms with Crippen molar-refractivity contribution in [3.8, 4) is 0 Å². The Balaban J connectivity index is 2.22. The van der Waals surface area contributed by atoms with Crippen LogP contribution in [0.5, 0.6) is 0 Å². The Morgan fingerprint density at radius 3 is 2.35 bits per heavy atom. The van der Waals surface area contributed by atoms with Crippen molar-refractivity contribution in [3.05, 3.63) is 29.3 Å². The molecule has 1 fully saturated rings. The highest BCUT2D eigenvalue weighted by Crippen LogP contribution is 2.25. The van der Waals surface area contributed by atoms with Crippen LogP contribution >= 0.6 is 0 Å². The SMILES string of the molecule is COC(=O)c1ccc(S(=O)(=O)N2CCC(C(=O)O)CC2)cc1C. The Morgan fingerprint density at radius 1 is 1.26 bits per heavy atom. The van der Waals surface area contributed by atoms with Gasteiger partial charge in [-0.25, -0.2) is 13.2 Å². The summed E-state index contributed by atoms with van der Waals surface area (Å²) in [5.41, 5.74) is 0.828. The number of rotatable bonds is 4. The van der Waals surface area contributed by atoms with Crippen LogP contribution in [0.25, 0.3) is 0 Å². The summed E-state index contributed by atoms with van der Waals surface area (Å²) < 4.78 is 31.2. The summed E-state index contributed by atoms with van der Waals surface area (Å²) in [6, 6.07) is 4.24. The van der Waals surface area contributed by atoms with E-state index >= 15 is 0 Å². The molecule has 23 heavy (non-hydrogen) atoms. The summed E-state index contributed by atoms with van der Waals surface area (Å²) in [7, 11) is -2.43. The number of ether oxygens (including phenoxy) is 1. The average Bonchev–Trinajstić information content (AvgIpc) is 2.54. The molecule has 1 heterocycles. The van der Waals surface area contributed by atoms with Crippen molar-refractivity contribution < 1.29 is 27.9 Å². The third kappa shape index (κ3) is 3.53. The monoisotopic (exact) mass is 341 g/mol. The zero-order valence-electron chi connectivity index (χ0n) is 13.0. The molecule has 7 nitrogen and oxygen atoms in total. The number of carboxylic acids is 1. The highest BCUT2D eigenvalue weighted by atomic mass is 32.2. The Labute approximate surface area is 134 Å². The second kappa shape index (κ2) is 6.67. The van der Waals surface area contributed by atoms with Crippen LogP contribution in [0.2, 0.25) is 0 Å². The molecule has 0 aliphatic carbocycles.